The Balaban J connectivity index is 0.000000138. The molecule has 2 aliphatic rings. The van der Waals surface area contributed by atoms with Crippen LogP contribution < -0.4 is 41.6 Å². The van der Waals surface area contributed by atoms with Crippen molar-refractivity contribution >= 4 is 157 Å². The number of amides is 5. The number of para-hydroxylation sites is 1. The Labute approximate surface area is 773 Å². The van der Waals surface area contributed by atoms with Crippen molar-refractivity contribution in [2.75, 3.05) is 51.7 Å². The second kappa shape index (κ2) is 45.1. The second-order valence-corrected chi connectivity index (χ2v) is 33.4. The molecule has 24 nitrogen and oxygen atoms in total. The van der Waals surface area contributed by atoms with Crippen LogP contribution in [0.1, 0.15) is 122 Å². The van der Waals surface area contributed by atoms with Gasteiger partial charge in [0.15, 0.2) is 11.5 Å². The number of pyridine rings is 5. The van der Waals surface area contributed by atoms with Gasteiger partial charge in [-0.2, -0.15) is 0 Å². The number of amidine groups is 1. The predicted octanol–water partition coefficient (Wildman–Crippen LogP) is 21.9. The van der Waals surface area contributed by atoms with Gasteiger partial charge in [-0.1, -0.05) is 172 Å². The summed E-state index contributed by atoms with van der Waals surface area (Å²) in [6.07, 6.45) is 12.6. The van der Waals surface area contributed by atoms with Gasteiger partial charge in [-0.25, -0.2) is 15.4 Å². The lowest BCUT2D eigenvalue weighted by Crippen LogP contribution is -2.39. The number of nitrogens with one attached hydrogen (secondary N) is 11. The molecule has 30 heteroatoms. The van der Waals surface area contributed by atoms with E-state index in [4.69, 9.17) is 59.0 Å². The van der Waals surface area contributed by atoms with Crippen molar-refractivity contribution in [1.82, 2.24) is 40.3 Å². The highest BCUT2D eigenvalue weighted by atomic mass is 32.1. The lowest BCUT2D eigenvalue weighted by atomic mass is 9.94. The van der Waals surface area contributed by atoms with Gasteiger partial charge in [-0.3, -0.25) is 34.4 Å². The molecule has 2 aliphatic heterocycles. The van der Waals surface area contributed by atoms with Gasteiger partial charge in [-0.15, -0.1) is 22.7 Å². The molecule has 9 heterocycles. The Kier molecular flexibility index (Phi) is 32.2. The zero-order valence-corrected chi connectivity index (χ0v) is 75.2. The number of fused-ring (bicyclic) bond motifs is 2. The molecule has 0 fully saturated rings. The second-order valence-electron chi connectivity index (χ2n) is 29.7. The summed E-state index contributed by atoms with van der Waals surface area (Å²) in [7, 11) is 1.66. The number of hydrogen-bond acceptors (Lipinski definition) is 20. The fourth-order valence-electron chi connectivity index (χ4n) is 13.6. The number of benzene rings is 8. The van der Waals surface area contributed by atoms with Crippen LogP contribution in [0, 0.1) is 24.0 Å². The number of aromatic amines is 4. The predicted molar refractivity (Wildman–Crippen MR) is 524 cm³/mol. The minimum atomic E-state index is -0.239. The van der Waals surface area contributed by atoms with Gasteiger partial charge in [0.05, 0.1) is 63.6 Å². The number of thiophene rings is 1. The molecule has 0 aliphatic carbocycles. The number of phenols is 2. The van der Waals surface area contributed by atoms with E-state index in [0.29, 0.717) is 81.7 Å². The van der Waals surface area contributed by atoms with Crippen LogP contribution in [0.5, 0.6) is 17.2 Å². The Morgan fingerprint density at radius 3 is 1.43 bits per heavy atom. The van der Waals surface area contributed by atoms with Crippen molar-refractivity contribution in [3.8, 4) is 17.2 Å². The van der Waals surface area contributed by atoms with Crippen molar-refractivity contribution in [2.24, 2.45) is 0 Å². The van der Waals surface area contributed by atoms with E-state index in [2.05, 4.69) is 122 Å². The number of aliphatic hydroxyl groups excluding tert-OH is 1. The average molecular weight is 1830 g/mol. The van der Waals surface area contributed by atoms with Crippen LogP contribution in [-0.2, 0) is 43.6 Å². The molecule has 7 aromatic heterocycles. The van der Waals surface area contributed by atoms with Gasteiger partial charge in [-0.05, 0) is 233 Å². The van der Waals surface area contributed by atoms with E-state index in [1.165, 1.54) is 61.2 Å². The number of thiazole rings is 1. The van der Waals surface area contributed by atoms with E-state index < -0.39 is 0 Å². The number of rotatable bonds is 23. The first-order valence-electron chi connectivity index (χ1n) is 41.0. The maximum absolute atomic E-state index is 12.3. The Morgan fingerprint density at radius 2 is 0.969 bits per heavy atom. The summed E-state index contributed by atoms with van der Waals surface area (Å²) in [6.45, 7) is 6.39. The number of phenolic OH excluding ortho intramolecular Hbond substituents is 2. The van der Waals surface area contributed by atoms with E-state index in [0.717, 1.165) is 94.3 Å². The Hall–Kier alpha value is -14.5. The zero-order valence-electron chi connectivity index (χ0n) is 70.3. The van der Waals surface area contributed by atoms with E-state index in [1.807, 2.05) is 170 Å². The number of hydrogen-bond donors (Lipinski definition) is 14. The molecule has 5 amide bonds. The number of hydrazine groups is 1. The molecule has 0 spiro atoms. The van der Waals surface area contributed by atoms with Crippen LogP contribution in [0.2, 0.25) is 0 Å². The topological polar surface area (TPSA) is 347 Å². The van der Waals surface area contributed by atoms with Gasteiger partial charge in [0.2, 0.25) is 5.91 Å². The summed E-state index contributed by atoms with van der Waals surface area (Å²) >= 11 is 23.8. The van der Waals surface area contributed by atoms with Gasteiger partial charge >= 0.3 is 0 Å². The molecule has 1 atom stereocenters. The minimum Gasteiger partial charge on any atom is -0.509 e. The molecule has 0 saturated carbocycles. The Morgan fingerprint density at radius 1 is 0.512 bits per heavy atom. The van der Waals surface area contributed by atoms with E-state index in [1.54, 1.807) is 92.7 Å². The van der Waals surface area contributed by atoms with Crippen molar-refractivity contribution < 1.29 is 44.0 Å². The molecule has 0 bridgehead atoms. The molecule has 17 rings (SSSR count). The molecule has 129 heavy (non-hydrogen) atoms. The minimum absolute atomic E-state index is 0.00180. The van der Waals surface area contributed by atoms with Crippen LogP contribution in [-0.4, -0.2) is 106 Å². The van der Waals surface area contributed by atoms with Crippen LogP contribution in [0.4, 0.5) is 34.3 Å². The molecular formula is C99H91N15O9S6. The van der Waals surface area contributed by atoms with Crippen LogP contribution >= 0.6 is 71.5 Å². The van der Waals surface area contributed by atoms with Crippen LogP contribution in [0.25, 0.3) is 15.8 Å². The first-order valence-corrected chi connectivity index (χ1v) is 44.3. The third-order valence-electron chi connectivity index (χ3n) is 20.6. The van der Waals surface area contributed by atoms with Crippen molar-refractivity contribution in [3.05, 3.63) is 398 Å². The van der Waals surface area contributed by atoms with E-state index in [9.17, 15) is 39.3 Å². The first-order chi connectivity index (χ1) is 62.6. The molecule has 15 aromatic rings. The first kappa shape index (κ1) is 92.2. The third kappa shape index (κ3) is 25.9. The highest BCUT2D eigenvalue weighted by molar-refractivity contribution is 7.72. The van der Waals surface area contributed by atoms with Crippen molar-refractivity contribution in [1.29, 1.82) is 5.41 Å². The summed E-state index contributed by atoms with van der Waals surface area (Å²) in [5.41, 5.74) is 19.1. The maximum Gasteiger partial charge on any atom is 0.258 e. The maximum atomic E-state index is 12.3. The fraction of sp³-hybridized carbons (Fsp3) is 0.131. The highest BCUT2D eigenvalue weighted by Gasteiger charge is 2.31. The number of aromatic nitrogens is 6. The number of aromatic hydroxyl groups is 2. The lowest BCUT2D eigenvalue weighted by molar-refractivity contribution is -0.115. The molecule has 14 N–H and O–H groups in total. The van der Waals surface area contributed by atoms with E-state index in [-0.39, 0.29) is 59.2 Å². The molecule has 0 saturated heterocycles. The monoisotopic (exact) mass is 1830 g/mol. The third-order valence-corrected chi connectivity index (χ3v) is 24.0. The molecule has 652 valence electrons. The van der Waals surface area contributed by atoms with Gasteiger partial charge in [0, 0.05) is 78.5 Å². The number of anilines is 6. The van der Waals surface area contributed by atoms with E-state index >= 15 is 0 Å². The molecule has 1 unspecified atom stereocenters. The number of carbonyl (C=O) groups is 5. The van der Waals surface area contributed by atoms with Crippen molar-refractivity contribution in [3.63, 3.8) is 0 Å². The molecular weight excluding hydrogens is 1740 g/mol. The quantitative estimate of drug-likeness (QED) is 0.0209. The number of nitrogens with zero attached hydrogens (tertiary/aromatic N) is 4. The highest BCUT2D eigenvalue weighted by Crippen LogP contribution is 2.34. The SMILES string of the molecule is CC(Cc1ccc(NC(=O)c2ccc[nH]c2=S)cc1)c1ccccc1.CCC(=O)Nc1ccc(Cc2ccc(NC(=O)c3ccc[nH]c3=S)cc2)cc1.COc1ccc(Cc2ccc(NC(=O)c3ccc[nH]c3=S)cc2)cc1.N=C1C(c2nc3ccccc3s2)=C(O)CN1NCc1ccc(O)c(O)c1.O=C(Nc1ccc(N2CCc3sccc3C2)nc1)c1ccc[nH]c1=S. The van der Waals surface area contributed by atoms with Crippen LogP contribution in [0.3, 0.4) is 0 Å². The van der Waals surface area contributed by atoms with Gasteiger partial charge in [0.1, 0.15) is 46.7 Å². The number of carbonyl (C=O) groups excluding carboxylic acids is 5. The zero-order chi connectivity index (χ0) is 90.7. The number of H-pyrrole nitrogens is 4. The average Bonchev–Trinajstić information content (AvgIpc) is 1.64. The smallest absolute Gasteiger partial charge is 0.258 e. The largest absolute Gasteiger partial charge is 0.509 e. The summed E-state index contributed by atoms with van der Waals surface area (Å²) in [5.74, 6) is 1.18. The van der Waals surface area contributed by atoms with Crippen molar-refractivity contribution in [2.45, 2.75) is 65.0 Å². The lowest BCUT2D eigenvalue weighted by Gasteiger charge is -2.28. The molecule has 0 radical (unpaired) electrons. The summed E-state index contributed by atoms with van der Waals surface area (Å²) < 4.78 is 7.87. The number of methoxy groups -OCH3 is 1. The van der Waals surface area contributed by atoms with Crippen LogP contribution in [0.15, 0.2) is 303 Å². The molecule has 8 aromatic carbocycles. The van der Waals surface area contributed by atoms with Gasteiger partial charge in [0.25, 0.3) is 23.6 Å². The van der Waals surface area contributed by atoms with Gasteiger partial charge < -0.3 is 71.5 Å². The summed E-state index contributed by atoms with van der Waals surface area (Å²) in [5, 5.41) is 56.2. The number of aliphatic hydroxyl groups is 1. The number of ether oxygens (including phenoxy) is 1. The summed E-state index contributed by atoms with van der Waals surface area (Å²) in [6, 6.07) is 81.8. The Bertz CT molecular complexity index is 6690. The standard InChI is InChI=1S/C22H21N3O2S.C21H20N2OS.C20H18N2O2S.C18H16N4O3S.C18H16N4OS2/c1-2-20(26)24-17-9-5-15(6-10-17)14-16-7-11-18(12-8-16)25-21(27)19-4-3-13-23-22(19)28;1-15(17-6-3-2-4-7-17)14-16-9-11-18(12-10-16)23-20(24)19-8-5-13-22-21(19)25;1-24-17-10-6-15(7-11-17)13-14-4-8-16(9-5-14)22-19(23)18-3-2-12-21-20(18)25;19-17-16(18-21-11-3-1-2-4-15(11)26-18)14(25)9-22(17)20-8-10-5-6-12(23)13(24)7-10;23-17(14-2-1-7-19-18(14)24)21-13-3-4-16(20-10-13)22-8-5-15-12(11-22)6-9-25-15/h3-13H,2,14H2,1H3,(H,23,28)(H,24,26)(H,25,27);2-13,15H,14H2,1H3,(H,22,25)(H,23,24);2-12H,13H2,1H3,(H,21,25)(H,22,23);1-7,19-20,23-25H,8-9H2;1-4,6-7,9-10H,5,8,11H2,(H,19,24)(H,21,23). The summed E-state index contributed by atoms with van der Waals surface area (Å²) in [4.78, 5) is 84.8. The fourth-order valence-corrected chi connectivity index (χ4v) is 16.5. The normalized spacial score (nSPS) is 12.0.